The minimum absolute atomic E-state index is 0.191. The average molecular weight is 504 g/mol. The standard InChI is InChI=1S/C30H33NO6/c1-22(33)31-28-26(17-32)37-27(21-34-18-23-11-5-2-6-12-23)29(35-19-24-13-7-3-8-14-24)30(28)36-20-25-15-9-4-10-16-25/h2-17,26-30H,18-21H2,1H3,(H,31,33)/t26-,27+,28-,29+,30+/m0/s1. The molecule has 0 radical (unpaired) electrons. The third kappa shape index (κ3) is 7.81. The SMILES string of the molecule is CC(=O)N[C@@H]1[C@@H](OCc2ccccc2)[C@H](OCc2ccccc2)[C@@H](COCc2ccccc2)O[C@H]1C=O. The number of hydrogen-bond donors (Lipinski definition) is 1. The van der Waals surface area contributed by atoms with Crippen molar-refractivity contribution in [2.24, 2.45) is 0 Å². The summed E-state index contributed by atoms with van der Waals surface area (Å²) in [4.78, 5) is 24.2. The van der Waals surface area contributed by atoms with Gasteiger partial charge in [-0.3, -0.25) is 4.79 Å². The van der Waals surface area contributed by atoms with Gasteiger partial charge in [0.15, 0.2) is 6.29 Å². The van der Waals surface area contributed by atoms with Crippen LogP contribution in [0.15, 0.2) is 91.0 Å². The van der Waals surface area contributed by atoms with E-state index in [4.69, 9.17) is 18.9 Å². The molecule has 7 heteroatoms. The van der Waals surface area contributed by atoms with E-state index in [0.717, 1.165) is 16.7 Å². The highest BCUT2D eigenvalue weighted by Crippen LogP contribution is 2.28. The van der Waals surface area contributed by atoms with Gasteiger partial charge in [-0.05, 0) is 16.7 Å². The normalized spacial score (nSPS) is 23.3. The van der Waals surface area contributed by atoms with Gasteiger partial charge in [0.1, 0.15) is 24.4 Å². The summed E-state index contributed by atoms with van der Waals surface area (Å²) in [6, 6.07) is 28.6. The molecule has 1 aliphatic heterocycles. The Morgan fingerprint density at radius 2 is 1.27 bits per heavy atom. The summed E-state index contributed by atoms with van der Waals surface area (Å²) >= 11 is 0. The van der Waals surface area contributed by atoms with Crippen LogP contribution in [0, 0.1) is 0 Å². The molecule has 0 aliphatic carbocycles. The Balaban J connectivity index is 1.56. The first-order chi connectivity index (χ1) is 18.1. The number of carbonyl (C=O) groups excluding carboxylic acids is 2. The van der Waals surface area contributed by atoms with Gasteiger partial charge in [-0.25, -0.2) is 0 Å². The van der Waals surface area contributed by atoms with Crippen molar-refractivity contribution in [2.45, 2.75) is 57.2 Å². The molecule has 0 aromatic heterocycles. The van der Waals surface area contributed by atoms with E-state index in [1.807, 2.05) is 91.0 Å². The van der Waals surface area contributed by atoms with Gasteiger partial charge in [-0.2, -0.15) is 0 Å². The van der Waals surface area contributed by atoms with Crippen LogP contribution >= 0.6 is 0 Å². The zero-order valence-electron chi connectivity index (χ0n) is 20.9. The summed E-state index contributed by atoms with van der Waals surface area (Å²) in [6.07, 6.45) is -2.05. The van der Waals surface area contributed by atoms with E-state index in [1.54, 1.807) is 0 Å². The molecule has 0 saturated carbocycles. The molecular weight excluding hydrogens is 470 g/mol. The summed E-state index contributed by atoms with van der Waals surface area (Å²) in [5.74, 6) is -0.283. The van der Waals surface area contributed by atoms with Crippen LogP contribution in [0.25, 0.3) is 0 Å². The van der Waals surface area contributed by atoms with E-state index in [9.17, 15) is 9.59 Å². The monoisotopic (exact) mass is 503 g/mol. The first kappa shape index (κ1) is 26.7. The Morgan fingerprint density at radius 1 is 0.784 bits per heavy atom. The van der Waals surface area contributed by atoms with Crippen molar-refractivity contribution in [1.82, 2.24) is 5.32 Å². The van der Waals surface area contributed by atoms with Crippen molar-refractivity contribution in [2.75, 3.05) is 6.61 Å². The number of hydrogen-bond acceptors (Lipinski definition) is 6. The minimum Gasteiger partial charge on any atom is -0.374 e. The predicted molar refractivity (Wildman–Crippen MR) is 138 cm³/mol. The molecule has 4 rings (SSSR count). The molecule has 1 N–H and O–H groups in total. The lowest BCUT2D eigenvalue weighted by Gasteiger charge is -2.45. The maximum atomic E-state index is 12.1. The fourth-order valence-electron chi connectivity index (χ4n) is 4.42. The van der Waals surface area contributed by atoms with Gasteiger partial charge in [0.25, 0.3) is 0 Å². The van der Waals surface area contributed by atoms with Crippen LogP contribution in [0.4, 0.5) is 0 Å². The third-order valence-corrected chi connectivity index (χ3v) is 6.20. The topological polar surface area (TPSA) is 83.1 Å². The van der Waals surface area contributed by atoms with Crippen molar-refractivity contribution >= 4 is 12.2 Å². The van der Waals surface area contributed by atoms with Crippen molar-refractivity contribution < 1.29 is 28.5 Å². The zero-order valence-corrected chi connectivity index (χ0v) is 20.9. The molecule has 3 aromatic carbocycles. The molecule has 37 heavy (non-hydrogen) atoms. The van der Waals surface area contributed by atoms with Gasteiger partial charge >= 0.3 is 0 Å². The Bertz CT molecular complexity index is 1090. The lowest BCUT2D eigenvalue weighted by atomic mass is 9.92. The van der Waals surface area contributed by atoms with Crippen LogP contribution in [-0.4, -0.2) is 49.3 Å². The molecule has 0 unspecified atom stereocenters. The van der Waals surface area contributed by atoms with E-state index < -0.39 is 30.5 Å². The van der Waals surface area contributed by atoms with E-state index in [-0.39, 0.29) is 19.1 Å². The quantitative estimate of drug-likeness (QED) is 0.378. The van der Waals surface area contributed by atoms with Gasteiger partial charge in [-0.1, -0.05) is 91.0 Å². The minimum atomic E-state index is -0.911. The number of benzene rings is 3. The van der Waals surface area contributed by atoms with Crippen LogP contribution in [-0.2, 0) is 48.4 Å². The molecule has 1 saturated heterocycles. The number of ether oxygens (including phenoxy) is 4. The fourth-order valence-corrected chi connectivity index (χ4v) is 4.42. The van der Waals surface area contributed by atoms with Crippen molar-refractivity contribution in [3.63, 3.8) is 0 Å². The molecule has 1 aliphatic rings. The number of carbonyl (C=O) groups is 2. The summed E-state index contributed by atoms with van der Waals surface area (Å²) in [5.41, 5.74) is 2.98. The molecule has 0 bridgehead atoms. The molecule has 3 aromatic rings. The predicted octanol–water partition coefficient (Wildman–Crippen LogP) is 3.85. The second-order valence-electron chi connectivity index (χ2n) is 9.02. The molecule has 1 heterocycles. The lowest BCUT2D eigenvalue weighted by molar-refractivity contribution is -0.226. The van der Waals surface area contributed by atoms with Crippen LogP contribution < -0.4 is 5.32 Å². The van der Waals surface area contributed by atoms with Crippen LogP contribution in [0.1, 0.15) is 23.6 Å². The van der Waals surface area contributed by atoms with Gasteiger partial charge in [-0.15, -0.1) is 0 Å². The second kappa shape index (κ2) is 13.8. The highest BCUT2D eigenvalue weighted by molar-refractivity contribution is 5.74. The first-order valence-electron chi connectivity index (χ1n) is 12.4. The number of aldehydes is 1. The van der Waals surface area contributed by atoms with Crippen molar-refractivity contribution in [3.05, 3.63) is 108 Å². The van der Waals surface area contributed by atoms with Gasteiger partial charge < -0.3 is 29.1 Å². The summed E-state index contributed by atoms with van der Waals surface area (Å²) in [6.45, 7) is 2.59. The molecular formula is C30H33NO6. The Labute approximate surface area is 217 Å². The maximum absolute atomic E-state index is 12.1. The maximum Gasteiger partial charge on any atom is 0.217 e. The van der Waals surface area contributed by atoms with Gasteiger partial charge in [0, 0.05) is 6.92 Å². The summed E-state index contributed by atoms with van der Waals surface area (Å²) in [7, 11) is 0. The highest BCUT2D eigenvalue weighted by atomic mass is 16.6. The molecule has 5 atom stereocenters. The van der Waals surface area contributed by atoms with E-state index >= 15 is 0 Å². The first-order valence-corrected chi connectivity index (χ1v) is 12.4. The van der Waals surface area contributed by atoms with E-state index in [2.05, 4.69) is 5.32 Å². The second-order valence-corrected chi connectivity index (χ2v) is 9.02. The molecule has 1 amide bonds. The highest BCUT2D eigenvalue weighted by Gasteiger charge is 2.48. The fraction of sp³-hybridized carbons (Fsp3) is 0.333. The summed E-state index contributed by atoms with van der Waals surface area (Å²) in [5, 5.41) is 2.86. The van der Waals surface area contributed by atoms with E-state index in [0.29, 0.717) is 19.5 Å². The van der Waals surface area contributed by atoms with Crippen molar-refractivity contribution in [3.8, 4) is 0 Å². The van der Waals surface area contributed by atoms with Crippen LogP contribution in [0.3, 0.4) is 0 Å². The molecule has 7 nitrogen and oxygen atoms in total. The van der Waals surface area contributed by atoms with Crippen LogP contribution in [0.5, 0.6) is 0 Å². The van der Waals surface area contributed by atoms with Crippen LogP contribution in [0.2, 0.25) is 0 Å². The third-order valence-electron chi connectivity index (χ3n) is 6.20. The van der Waals surface area contributed by atoms with Gasteiger partial charge in [0.2, 0.25) is 5.91 Å². The van der Waals surface area contributed by atoms with Crippen molar-refractivity contribution in [1.29, 1.82) is 0 Å². The lowest BCUT2D eigenvalue weighted by Crippen LogP contribution is -2.65. The average Bonchev–Trinajstić information content (AvgIpc) is 2.93. The Morgan fingerprint density at radius 3 is 1.76 bits per heavy atom. The number of rotatable bonds is 12. The smallest absolute Gasteiger partial charge is 0.217 e. The number of amides is 1. The van der Waals surface area contributed by atoms with Gasteiger partial charge in [0.05, 0.1) is 32.5 Å². The molecule has 1 fully saturated rings. The summed E-state index contributed by atoms with van der Waals surface area (Å²) < 4.78 is 24.9. The zero-order chi connectivity index (χ0) is 25.9. The molecule has 0 spiro atoms. The van der Waals surface area contributed by atoms with E-state index in [1.165, 1.54) is 6.92 Å². The Kier molecular flexibility index (Phi) is 9.97. The number of nitrogens with one attached hydrogen (secondary N) is 1. The molecule has 194 valence electrons. The largest absolute Gasteiger partial charge is 0.374 e. The Hall–Kier alpha value is -3.36.